The number of ketones is 1. The normalized spacial score (nSPS) is 12.3. The monoisotopic (exact) mass is 367 g/mol. The predicted molar refractivity (Wildman–Crippen MR) is 96.6 cm³/mol. The Kier molecular flexibility index (Phi) is 5.18. The number of rotatable bonds is 6. The molecule has 1 aliphatic heterocycles. The van der Waals surface area contributed by atoms with Crippen LogP contribution in [0.25, 0.3) is 6.08 Å². The van der Waals surface area contributed by atoms with Crippen LogP contribution < -0.4 is 23.7 Å². The zero-order chi connectivity index (χ0) is 19.4. The highest BCUT2D eigenvalue weighted by atomic mass is 16.7. The molecule has 0 amide bonds. The van der Waals surface area contributed by atoms with Gasteiger partial charge in [0.1, 0.15) is 11.6 Å². The van der Waals surface area contributed by atoms with Gasteiger partial charge in [-0.1, -0.05) is 0 Å². The van der Waals surface area contributed by atoms with Crippen LogP contribution in [0.5, 0.6) is 28.7 Å². The molecule has 0 spiro atoms. The number of carbonyl (C=O) groups excluding carboxylic acids is 1. The van der Waals surface area contributed by atoms with Crippen molar-refractivity contribution in [1.82, 2.24) is 0 Å². The van der Waals surface area contributed by atoms with E-state index in [1.54, 1.807) is 30.3 Å². The number of fused-ring (bicyclic) bond motifs is 1. The number of ether oxygens (including phenoxy) is 5. The van der Waals surface area contributed by atoms with Gasteiger partial charge in [0, 0.05) is 5.56 Å². The first-order chi connectivity index (χ1) is 13.1. The second-order valence-electron chi connectivity index (χ2n) is 5.53. The lowest BCUT2D eigenvalue weighted by Gasteiger charge is -2.13. The number of hydrogen-bond acceptors (Lipinski definition) is 7. The highest BCUT2D eigenvalue weighted by Gasteiger charge is 2.19. The highest BCUT2D eigenvalue weighted by molar-refractivity contribution is 6.14. The summed E-state index contributed by atoms with van der Waals surface area (Å²) in [5.74, 6) is 1.90. The Balaban J connectivity index is 1.99. The summed E-state index contributed by atoms with van der Waals surface area (Å²) in [6.45, 7) is 0.110. The van der Waals surface area contributed by atoms with Crippen LogP contribution in [0.1, 0.15) is 15.9 Å². The van der Waals surface area contributed by atoms with Gasteiger partial charge in [0.2, 0.25) is 18.3 Å². The second kappa shape index (κ2) is 7.70. The minimum atomic E-state index is -0.426. The first-order valence-corrected chi connectivity index (χ1v) is 7.97. The molecule has 1 aliphatic rings. The molecule has 0 atom stereocenters. The van der Waals surface area contributed by atoms with Crippen molar-refractivity contribution in [3.63, 3.8) is 0 Å². The summed E-state index contributed by atoms with van der Waals surface area (Å²) in [6.07, 6.45) is 1.47. The van der Waals surface area contributed by atoms with Crippen LogP contribution in [0.3, 0.4) is 0 Å². The Morgan fingerprint density at radius 3 is 2.30 bits per heavy atom. The number of hydrogen-bond donors (Lipinski definition) is 0. The maximum atomic E-state index is 12.7. The molecule has 0 aromatic heterocycles. The van der Waals surface area contributed by atoms with Gasteiger partial charge >= 0.3 is 0 Å². The van der Waals surface area contributed by atoms with Crippen LogP contribution in [0.4, 0.5) is 0 Å². The van der Waals surface area contributed by atoms with Gasteiger partial charge in [-0.15, -0.1) is 0 Å². The molecular formula is C20H17NO6. The lowest BCUT2D eigenvalue weighted by Crippen LogP contribution is -2.02. The number of carbonyl (C=O) groups is 1. The van der Waals surface area contributed by atoms with Crippen molar-refractivity contribution < 1.29 is 28.5 Å². The third-order valence-corrected chi connectivity index (χ3v) is 4.00. The number of benzene rings is 2. The van der Waals surface area contributed by atoms with E-state index < -0.39 is 5.78 Å². The third-order valence-electron chi connectivity index (χ3n) is 4.00. The molecular weight excluding hydrogens is 350 g/mol. The first-order valence-electron chi connectivity index (χ1n) is 7.97. The molecule has 138 valence electrons. The van der Waals surface area contributed by atoms with Gasteiger partial charge in [-0.2, -0.15) is 5.26 Å². The molecule has 0 saturated heterocycles. The number of nitriles is 1. The van der Waals surface area contributed by atoms with E-state index in [2.05, 4.69) is 0 Å². The lowest BCUT2D eigenvalue weighted by atomic mass is 10.0. The summed E-state index contributed by atoms with van der Waals surface area (Å²) in [5, 5.41) is 9.48. The number of nitrogens with zero attached hydrogens (tertiary/aromatic N) is 1. The van der Waals surface area contributed by atoms with E-state index in [-0.39, 0.29) is 12.4 Å². The Morgan fingerprint density at radius 1 is 1.04 bits per heavy atom. The molecule has 0 radical (unpaired) electrons. The van der Waals surface area contributed by atoms with Crippen LogP contribution in [0.2, 0.25) is 0 Å². The van der Waals surface area contributed by atoms with Gasteiger partial charge in [-0.25, -0.2) is 0 Å². The Bertz CT molecular complexity index is 932. The standard InChI is InChI=1S/C20H17NO6/c1-23-17-7-12(8-18(24-2)20(17)25-3)6-14(10-21)19(22)13-4-5-15-16(9-13)27-11-26-15/h4-9H,11H2,1-3H3/b14-6-. The smallest absolute Gasteiger partial charge is 0.231 e. The van der Waals surface area contributed by atoms with Crippen molar-refractivity contribution in [2.24, 2.45) is 0 Å². The topological polar surface area (TPSA) is 87.0 Å². The first kappa shape index (κ1) is 18.1. The van der Waals surface area contributed by atoms with Gasteiger partial charge in [0.15, 0.2) is 23.0 Å². The fourth-order valence-corrected chi connectivity index (χ4v) is 2.69. The van der Waals surface area contributed by atoms with Gasteiger partial charge in [-0.05, 0) is 42.0 Å². The minimum absolute atomic E-state index is 0.0388. The molecule has 2 aromatic rings. The van der Waals surface area contributed by atoms with Crippen molar-refractivity contribution >= 4 is 11.9 Å². The number of methoxy groups -OCH3 is 3. The van der Waals surface area contributed by atoms with E-state index in [1.165, 1.54) is 27.4 Å². The van der Waals surface area contributed by atoms with E-state index in [9.17, 15) is 10.1 Å². The number of allylic oxidation sites excluding steroid dienone is 1. The maximum absolute atomic E-state index is 12.7. The van der Waals surface area contributed by atoms with Crippen molar-refractivity contribution in [3.05, 3.63) is 47.0 Å². The zero-order valence-electron chi connectivity index (χ0n) is 15.1. The maximum Gasteiger partial charge on any atom is 0.231 e. The fourth-order valence-electron chi connectivity index (χ4n) is 2.69. The largest absolute Gasteiger partial charge is 0.493 e. The Labute approximate surface area is 156 Å². The quantitative estimate of drug-likeness (QED) is 0.440. The summed E-state index contributed by atoms with van der Waals surface area (Å²) < 4.78 is 26.4. The summed E-state index contributed by atoms with van der Waals surface area (Å²) in [6, 6.07) is 10.1. The lowest BCUT2D eigenvalue weighted by molar-refractivity contribution is 0.103. The second-order valence-corrected chi connectivity index (χ2v) is 5.53. The molecule has 0 saturated carbocycles. The molecule has 3 rings (SSSR count). The summed E-state index contributed by atoms with van der Waals surface area (Å²) >= 11 is 0. The molecule has 0 aliphatic carbocycles. The molecule has 0 unspecified atom stereocenters. The summed E-state index contributed by atoms with van der Waals surface area (Å²) in [5.41, 5.74) is 0.859. The molecule has 2 aromatic carbocycles. The van der Waals surface area contributed by atoms with Gasteiger partial charge < -0.3 is 23.7 Å². The molecule has 0 N–H and O–H groups in total. The van der Waals surface area contributed by atoms with E-state index in [4.69, 9.17) is 23.7 Å². The third kappa shape index (κ3) is 3.51. The average Bonchev–Trinajstić information content (AvgIpc) is 3.18. The minimum Gasteiger partial charge on any atom is -0.493 e. The molecule has 7 nitrogen and oxygen atoms in total. The van der Waals surface area contributed by atoms with E-state index in [0.717, 1.165) is 0 Å². The zero-order valence-corrected chi connectivity index (χ0v) is 15.1. The van der Waals surface area contributed by atoms with Crippen LogP contribution in [0.15, 0.2) is 35.9 Å². The van der Waals surface area contributed by atoms with Crippen molar-refractivity contribution in [1.29, 1.82) is 5.26 Å². The van der Waals surface area contributed by atoms with Gasteiger partial charge in [0.05, 0.1) is 21.3 Å². The molecule has 27 heavy (non-hydrogen) atoms. The highest BCUT2D eigenvalue weighted by Crippen LogP contribution is 2.39. The van der Waals surface area contributed by atoms with E-state index in [1.807, 2.05) is 6.07 Å². The van der Waals surface area contributed by atoms with Crippen molar-refractivity contribution in [2.45, 2.75) is 0 Å². The Morgan fingerprint density at radius 2 is 1.70 bits per heavy atom. The SMILES string of the molecule is COc1cc(/C=C(/C#N)C(=O)c2ccc3c(c2)OCO3)cc(OC)c1OC. The van der Waals surface area contributed by atoms with Gasteiger partial charge in [0.25, 0.3) is 0 Å². The molecule has 0 bridgehead atoms. The Hall–Kier alpha value is -3.66. The molecule has 1 heterocycles. The molecule has 7 heteroatoms. The summed E-state index contributed by atoms with van der Waals surface area (Å²) in [4.78, 5) is 12.7. The van der Waals surface area contributed by atoms with Crippen LogP contribution in [0, 0.1) is 11.3 Å². The number of Topliss-reactive ketones (excluding diaryl/α,β-unsaturated/α-hetero) is 1. The van der Waals surface area contributed by atoms with Gasteiger partial charge in [-0.3, -0.25) is 4.79 Å². The van der Waals surface area contributed by atoms with Crippen LogP contribution >= 0.6 is 0 Å². The molecule has 0 fully saturated rings. The van der Waals surface area contributed by atoms with Crippen molar-refractivity contribution in [3.8, 4) is 34.8 Å². The average molecular weight is 367 g/mol. The van der Waals surface area contributed by atoms with Crippen LogP contribution in [-0.4, -0.2) is 33.9 Å². The van der Waals surface area contributed by atoms with E-state index >= 15 is 0 Å². The summed E-state index contributed by atoms with van der Waals surface area (Å²) in [7, 11) is 4.49. The predicted octanol–water partition coefficient (Wildman–Crippen LogP) is 3.23. The van der Waals surface area contributed by atoms with Crippen molar-refractivity contribution in [2.75, 3.05) is 28.1 Å². The van der Waals surface area contributed by atoms with E-state index in [0.29, 0.717) is 39.9 Å². The fraction of sp³-hybridized carbons (Fsp3) is 0.200. The van der Waals surface area contributed by atoms with Crippen LogP contribution in [-0.2, 0) is 0 Å².